The lowest BCUT2D eigenvalue weighted by atomic mass is 9.93. The minimum absolute atomic E-state index is 0.123. The summed E-state index contributed by atoms with van der Waals surface area (Å²) in [7, 11) is 0. The van der Waals surface area contributed by atoms with Gasteiger partial charge < -0.3 is 10.6 Å². The summed E-state index contributed by atoms with van der Waals surface area (Å²) in [5.41, 5.74) is 6.80. The van der Waals surface area contributed by atoms with Crippen LogP contribution in [0.3, 0.4) is 0 Å². The summed E-state index contributed by atoms with van der Waals surface area (Å²) in [4.78, 5) is 14.5. The fourth-order valence-electron chi connectivity index (χ4n) is 2.22. The highest BCUT2D eigenvalue weighted by Gasteiger charge is 2.27. The summed E-state index contributed by atoms with van der Waals surface area (Å²) >= 11 is 6.00. The quantitative estimate of drug-likeness (QED) is 0.875. The van der Waals surface area contributed by atoms with E-state index in [1.54, 1.807) is 0 Å². The van der Waals surface area contributed by atoms with E-state index in [-0.39, 0.29) is 23.8 Å². The number of carbonyl (C=O) groups excluding carboxylic acids is 1. The van der Waals surface area contributed by atoms with Crippen molar-refractivity contribution in [2.75, 3.05) is 6.54 Å². The van der Waals surface area contributed by atoms with Gasteiger partial charge in [0.25, 0.3) is 0 Å². The predicted molar refractivity (Wildman–Crippen MR) is 84.5 cm³/mol. The summed E-state index contributed by atoms with van der Waals surface area (Å²) < 4.78 is 0. The third-order valence-electron chi connectivity index (χ3n) is 3.52. The smallest absolute Gasteiger partial charge is 0.227 e. The molecule has 112 valence electrons. The molecule has 0 aliphatic rings. The molecule has 1 unspecified atom stereocenters. The Morgan fingerprint density at radius 1 is 1.30 bits per heavy atom. The Kier molecular flexibility index (Phi) is 6.50. The second-order valence-electron chi connectivity index (χ2n) is 5.78. The van der Waals surface area contributed by atoms with E-state index in [4.69, 9.17) is 17.3 Å². The van der Waals surface area contributed by atoms with Crippen molar-refractivity contribution in [3.8, 4) is 0 Å². The Bertz CT molecular complexity index is 446. The van der Waals surface area contributed by atoms with Gasteiger partial charge in [0.15, 0.2) is 0 Å². The molecule has 1 aromatic carbocycles. The molecule has 0 fully saturated rings. The number of halogens is 1. The van der Waals surface area contributed by atoms with Gasteiger partial charge in [-0.3, -0.25) is 4.79 Å². The molecule has 2 N–H and O–H groups in total. The SMILES string of the molecule is CC(C)C(CN)C(=O)N(Cc1cccc(Cl)c1)C(C)C. The van der Waals surface area contributed by atoms with E-state index in [0.29, 0.717) is 18.1 Å². The van der Waals surface area contributed by atoms with E-state index < -0.39 is 0 Å². The predicted octanol–water partition coefficient (Wildman–Crippen LogP) is 3.31. The van der Waals surface area contributed by atoms with Crippen LogP contribution in [0.1, 0.15) is 33.3 Å². The molecule has 0 heterocycles. The van der Waals surface area contributed by atoms with Gasteiger partial charge in [-0.15, -0.1) is 0 Å². The molecule has 0 radical (unpaired) electrons. The molecule has 3 nitrogen and oxygen atoms in total. The first-order chi connectivity index (χ1) is 9.36. The second-order valence-corrected chi connectivity index (χ2v) is 6.21. The van der Waals surface area contributed by atoms with E-state index in [2.05, 4.69) is 0 Å². The highest BCUT2D eigenvalue weighted by atomic mass is 35.5. The molecule has 0 aromatic heterocycles. The van der Waals surface area contributed by atoms with Crippen molar-refractivity contribution >= 4 is 17.5 Å². The molecule has 0 bridgehead atoms. The number of rotatable bonds is 6. The maximum Gasteiger partial charge on any atom is 0.227 e. The number of hydrogen-bond donors (Lipinski definition) is 1. The lowest BCUT2D eigenvalue weighted by Gasteiger charge is -2.32. The molecular formula is C16H25ClN2O. The van der Waals surface area contributed by atoms with Gasteiger partial charge in [0.1, 0.15) is 0 Å². The summed E-state index contributed by atoms with van der Waals surface area (Å²) in [6, 6.07) is 7.76. The topological polar surface area (TPSA) is 46.3 Å². The number of benzene rings is 1. The van der Waals surface area contributed by atoms with Crippen molar-refractivity contribution in [1.29, 1.82) is 0 Å². The monoisotopic (exact) mass is 296 g/mol. The fourth-order valence-corrected chi connectivity index (χ4v) is 2.43. The molecule has 0 aliphatic carbocycles. The highest BCUT2D eigenvalue weighted by molar-refractivity contribution is 6.30. The third kappa shape index (κ3) is 4.50. The molecule has 20 heavy (non-hydrogen) atoms. The van der Waals surface area contributed by atoms with Gasteiger partial charge in [0, 0.05) is 24.2 Å². The lowest BCUT2D eigenvalue weighted by Crippen LogP contribution is -2.44. The summed E-state index contributed by atoms with van der Waals surface area (Å²) in [5.74, 6) is 0.238. The van der Waals surface area contributed by atoms with Crippen LogP contribution in [-0.2, 0) is 11.3 Å². The molecule has 0 aliphatic heterocycles. The standard InChI is InChI=1S/C16H25ClN2O/c1-11(2)15(9-18)16(20)19(12(3)4)10-13-6-5-7-14(17)8-13/h5-8,11-12,15H,9-10,18H2,1-4H3. The molecule has 0 saturated carbocycles. The first-order valence-corrected chi connectivity index (χ1v) is 7.49. The lowest BCUT2D eigenvalue weighted by molar-refractivity contribution is -0.139. The zero-order valence-electron chi connectivity index (χ0n) is 12.8. The van der Waals surface area contributed by atoms with Crippen molar-refractivity contribution < 1.29 is 4.79 Å². The van der Waals surface area contributed by atoms with Crippen LogP contribution >= 0.6 is 11.6 Å². The van der Waals surface area contributed by atoms with Crippen LogP contribution in [-0.4, -0.2) is 23.4 Å². The van der Waals surface area contributed by atoms with E-state index in [1.807, 2.05) is 56.9 Å². The van der Waals surface area contributed by atoms with Crippen LogP contribution in [0.15, 0.2) is 24.3 Å². The summed E-state index contributed by atoms with van der Waals surface area (Å²) in [6.07, 6.45) is 0. The van der Waals surface area contributed by atoms with Gasteiger partial charge in [-0.2, -0.15) is 0 Å². The van der Waals surface area contributed by atoms with Gasteiger partial charge in [-0.05, 0) is 37.5 Å². The summed E-state index contributed by atoms with van der Waals surface area (Å²) in [5, 5.41) is 0.692. The van der Waals surface area contributed by atoms with Gasteiger partial charge in [0.2, 0.25) is 5.91 Å². The fraction of sp³-hybridized carbons (Fsp3) is 0.562. The van der Waals surface area contributed by atoms with E-state index >= 15 is 0 Å². The molecule has 1 atom stereocenters. The Morgan fingerprint density at radius 3 is 2.40 bits per heavy atom. The molecule has 4 heteroatoms. The van der Waals surface area contributed by atoms with Crippen molar-refractivity contribution in [3.63, 3.8) is 0 Å². The highest BCUT2D eigenvalue weighted by Crippen LogP contribution is 2.19. The first-order valence-electron chi connectivity index (χ1n) is 7.11. The number of nitrogens with zero attached hydrogens (tertiary/aromatic N) is 1. The maximum absolute atomic E-state index is 12.7. The van der Waals surface area contributed by atoms with Gasteiger partial charge in [-0.1, -0.05) is 37.6 Å². The Morgan fingerprint density at radius 2 is 1.95 bits per heavy atom. The van der Waals surface area contributed by atoms with Crippen LogP contribution in [0.5, 0.6) is 0 Å². The average Bonchev–Trinajstić information content (AvgIpc) is 2.35. The number of amides is 1. The molecular weight excluding hydrogens is 272 g/mol. The Hall–Kier alpha value is -1.06. The van der Waals surface area contributed by atoms with E-state index in [9.17, 15) is 4.79 Å². The minimum atomic E-state index is -0.128. The minimum Gasteiger partial charge on any atom is -0.336 e. The van der Waals surface area contributed by atoms with Gasteiger partial charge in [-0.25, -0.2) is 0 Å². The summed E-state index contributed by atoms with van der Waals surface area (Å²) in [6.45, 7) is 9.07. The zero-order chi connectivity index (χ0) is 15.3. The van der Waals surface area contributed by atoms with Crippen molar-refractivity contribution in [2.24, 2.45) is 17.6 Å². The normalized spacial score (nSPS) is 12.8. The molecule has 1 aromatic rings. The Labute approximate surface area is 127 Å². The number of carbonyl (C=O) groups is 1. The molecule has 0 saturated heterocycles. The van der Waals surface area contributed by atoms with Crippen LogP contribution in [0.25, 0.3) is 0 Å². The van der Waals surface area contributed by atoms with Crippen molar-refractivity contribution in [1.82, 2.24) is 4.90 Å². The number of hydrogen-bond acceptors (Lipinski definition) is 2. The Balaban J connectivity index is 2.92. The van der Waals surface area contributed by atoms with E-state index in [0.717, 1.165) is 5.56 Å². The molecule has 1 rings (SSSR count). The first kappa shape index (κ1) is 17.0. The number of nitrogens with two attached hydrogens (primary N) is 1. The van der Waals surface area contributed by atoms with Crippen LogP contribution in [0, 0.1) is 11.8 Å². The van der Waals surface area contributed by atoms with Gasteiger partial charge in [0.05, 0.1) is 5.92 Å². The zero-order valence-corrected chi connectivity index (χ0v) is 13.5. The second kappa shape index (κ2) is 7.65. The third-order valence-corrected chi connectivity index (χ3v) is 3.76. The van der Waals surface area contributed by atoms with Crippen molar-refractivity contribution in [2.45, 2.75) is 40.3 Å². The molecule has 0 spiro atoms. The maximum atomic E-state index is 12.7. The van der Waals surface area contributed by atoms with Crippen molar-refractivity contribution in [3.05, 3.63) is 34.9 Å². The van der Waals surface area contributed by atoms with E-state index in [1.165, 1.54) is 0 Å². The largest absolute Gasteiger partial charge is 0.336 e. The molecule has 1 amide bonds. The van der Waals surface area contributed by atoms with Gasteiger partial charge >= 0.3 is 0 Å². The van der Waals surface area contributed by atoms with Crippen LogP contribution in [0.4, 0.5) is 0 Å². The van der Waals surface area contributed by atoms with Crippen LogP contribution < -0.4 is 5.73 Å². The average molecular weight is 297 g/mol. The van der Waals surface area contributed by atoms with Crippen LogP contribution in [0.2, 0.25) is 5.02 Å².